The molecule has 2 aromatic carbocycles. The first kappa shape index (κ1) is 14.1. The molecule has 0 atom stereocenters. The Balaban J connectivity index is 2.23. The number of carbonyl (C=O) groups excluding carboxylic acids is 1. The molecule has 20 heavy (non-hydrogen) atoms. The first-order valence-corrected chi connectivity index (χ1v) is 6.23. The van der Waals surface area contributed by atoms with E-state index in [1.165, 1.54) is 18.2 Å². The Labute approximate surface area is 117 Å². The fourth-order valence-electron chi connectivity index (χ4n) is 1.97. The number of anilines is 1. The van der Waals surface area contributed by atoms with Crippen LogP contribution in [0.25, 0.3) is 0 Å². The maximum atomic E-state index is 13.0. The third-order valence-corrected chi connectivity index (χ3v) is 3.11. The molecule has 104 valence electrons. The minimum absolute atomic E-state index is 0.254. The number of carbonyl (C=O) groups is 1. The van der Waals surface area contributed by atoms with Gasteiger partial charge in [-0.15, -0.1) is 0 Å². The Morgan fingerprint density at radius 2 is 1.85 bits per heavy atom. The molecular formula is C16H16FNO2. The van der Waals surface area contributed by atoms with Crippen LogP contribution >= 0.6 is 0 Å². The molecule has 2 aromatic rings. The maximum absolute atomic E-state index is 13.0. The molecule has 0 saturated heterocycles. The zero-order valence-corrected chi connectivity index (χ0v) is 11.7. The van der Waals surface area contributed by atoms with Crippen LogP contribution in [0, 0.1) is 19.7 Å². The number of amides is 1. The number of benzene rings is 2. The van der Waals surface area contributed by atoms with Crippen LogP contribution in [0.1, 0.15) is 21.5 Å². The van der Waals surface area contributed by atoms with E-state index in [9.17, 15) is 9.18 Å². The molecule has 1 N–H and O–H groups in total. The summed E-state index contributed by atoms with van der Waals surface area (Å²) >= 11 is 0. The number of nitrogens with one attached hydrogen (secondary N) is 1. The van der Waals surface area contributed by atoms with E-state index >= 15 is 0 Å². The normalized spacial score (nSPS) is 10.2. The van der Waals surface area contributed by atoms with Crippen LogP contribution in [0.4, 0.5) is 10.1 Å². The molecule has 0 aliphatic rings. The van der Waals surface area contributed by atoms with Crippen molar-refractivity contribution in [2.24, 2.45) is 0 Å². The summed E-state index contributed by atoms with van der Waals surface area (Å²) in [5.74, 6) is 0.133. The van der Waals surface area contributed by atoms with Crippen molar-refractivity contribution in [2.45, 2.75) is 13.8 Å². The van der Waals surface area contributed by atoms with E-state index in [2.05, 4.69) is 5.32 Å². The quantitative estimate of drug-likeness (QED) is 0.926. The number of hydrogen-bond acceptors (Lipinski definition) is 2. The van der Waals surface area contributed by atoms with E-state index in [0.29, 0.717) is 16.8 Å². The predicted molar refractivity (Wildman–Crippen MR) is 76.8 cm³/mol. The first-order valence-electron chi connectivity index (χ1n) is 6.23. The molecule has 0 bridgehead atoms. The van der Waals surface area contributed by atoms with Crippen molar-refractivity contribution in [1.82, 2.24) is 0 Å². The first-order chi connectivity index (χ1) is 9.51. The van der Waals surface area contributed by atoms with E-state index in [0.717, 1.165) is 11.3 Å². The van der Waals surface area contributed by atoms with Gasteiger partial charge in [0.05, 0.1) is 7.11 Å². The van der Waals surface area contributed by atoms with E-state index in [4.69, 9.17) is 4.74 Å². The molecular weight excluding hydrogens is 257 g/mol. The van der Waals surface area contributed by atoms with Crippen LogP contribution in [-0.4, -0.2) is 13.0 Å². The van der Waals surface area contributed by atoms with Gasteiger partial charge < -0.3 is 10.1 Å². The number of methoxy groups -OCH3 is 1. The topological polar surface area (TPSA) is 38.3 Å². The van der Waals surface area contributed by atoms with Gasteiger partial charge in [-0.3, -0.25) is 4.79 Å². The summed E-state index contributed by atoms with van der Waals surface area (Å²) in [4.78, 5) is 12.2. The highest BCUT2D eigenvalue weighted by molar-refractivity contribution is 6.05. The zero-order chi connectivity index (χ0) is 14.7. The van der Waals surface area contributed by atoms with Crippen LogP contribution in [0.3, 0.4) is 0 Å². The van der Waals surface area contributed by atoms with Crippen LogP contribution in [0.15, 0.2) is 36.4 Å². The maximum Gasteiger partial charge on any atom is 0.255 e. The van der Waals surface area contributed by atoms with Crippen LogP contribution < -0.4 is 10.1 Å². The highest BCUT2D eigenvalue weighted by atomic mass is 19.1. The summed E-state index contributed by atoms with van der Waals surface area (Å²) in [6.07, 6.45) is 0. The summed E-state index contributed by atoms with van der Waals surface area (Å²) in [6, 6.07) is 9.51. The molecule has 0 spiro atoms. The number of aryl methyl sites for hydroxylation is 2. The lowest BCUT2D eigenvalue weighted by Crippen LogP contribution is -2.14. The molecule has 0 unspecified atom stereocenters. The zero-order valence-electron chi connectivity index (χ0n) is 11.7. The molecule has 3 nitrogen and oxygen atoms in total. The van der Waals surface area contributed by atoms with Crippen molar-refractivity contribution in [2.75, 3.05) is 12.4 Å². The predicted octanol–water partition coefficient (Wildman–Crippen LogP) is 3.70. The van der Waals surface area contributed by atoms with Gasteiger partial charge in [-0.25, -0.2) is 4.39 Å². The molecule has 0 fully saturated rings. The number of ether oxygens (including phenoxy) is 1. The minimum Gasteiger partial charge on any atom is -0.497 e. The molecule has 0 saturated carbocycles. The summed E-state index contributed by atoms with van der Waals surface area (Å²) in [7, 11) is 1.59. The second-order valence-corrected chi connectivity index (χ2v) is 4.59. The van der Waals surface area contributed by atoms with Crippen molar-refractivity contribution in [1.29, 1.82) is 0 Å². The highest BCUT2D eigenvalue weighted by Gasteiger charge is 2.11. The lowest BCUT2D eigenvalue weighted by Gasteiger charge is -2.11. The molecule has 4 heteroatoms. The average Bonchev–Trinajstić information content (AvgIpc) is 2.40. The van der Waals surface area contributed by atoms with Crippen molar-refractivity contribution in [3.8, 4) is 5.75 Å². The van der Waals surface area contributed by atoms with E-state index < -0.39 is 0 Å². The standard InChI is InChI=1S/C16H16FNO2/c1-10-8-12(17)4-6-14(10)16(19)18-15-7-5-13(20-3)9-11(15)2/h4-9H,1-3H3,(H,18,19). The van der Waals surface area contributed by atoms with Gasteiger partial charge >= 0.3 is 0 Å². The Hall–Kier alpha value is -2.36. The van der Waals surface area contributed by atoms with Gasteiger partial charge in [0, 0.05) is 11.3 Å². The molecule has 1 amide bonds. The largest absolute Gasteiger partial charge is 0.497 e. The monoisotopic (exact) mass is 273 g/mol. The van der Waals surface area contributed by atoms with Gasteiger partial charge in [-0.05, 0) is 61.4 Å². The van der Waals surface area contributed by atoms with Crippen LogP contribution in [0.5, 0.6) is 5.75 Å². The smallest absolute Gasteiger partial charge is 0.255 e. The van der Waals surface area contributed by atoms with E-state index in [1.54, 1.807) is 26.2 Å². The average molecular weight is 273 g/mol. The van der Waals surface area contributed by atoms with Crippen molar-refractivity contribution < 1.29 is 13.9 Å². The third-order valence-electron chi connectivity index (χ3n) is 3.11. The Morgan fingerprint density at radius 3 is 2.45 bits per heavy atom. The molecule has 0 heterocycles. The van der Waals surface area contributed by atoms with Crippen LogP contribution in [-0.2, 0) is 0 Å². The SMILES string of the molecule is COc1ccc(NC(=O)c2ccc(F)cc2C)c(C)c1. The fourth-order valence-corrected chi connectivity index (χ4v) is 1.97. The number of halogens is 1. The highest BCUT2D eigenvalue weighted by Crippen LogP contribution is 2.22. The molecule has 0 aliphatic carbocycles. The molecule has 2 rings (SSSR count). The van der Waals surface area contributed by atoms with Gasteiger partial charge in [0.15, 0.2) is 0 Å². The molecule has 0 aliphatic heterocycles. The Morgan fingerprint density at radius 1 is 1.10 bits per heavy atom. The Kier molecular flexibility index (Phi) is 4.03. The summed E-state index contributed by atoms with van der Waals surface area (Å²) in [6.45, 7) is 3.59. The Bertz CT molecular complexity index is 653. The summed E-state index contributed by atoms with van der Waals surface area (Å²) in [5, 5.41) is 2.82. The minimum atomic E-state index is -0.348. The third kappa shape index (κ3) is 2.96. The second kappa shape index (κ2) is 5.74. The molecule has 0 aromatic heterocycles. The fraction of sp³-hybridized carbons (Fsp3) is 0.188. The van der Waals surface area contributed by atoms with Crippen molar-refractivity contribution >= 4 is 11.6 Å². The van der Waals surface area contributed by atoms with Crippen molar-refractivity contribution in [3.05, 3.63) is 58.9 Å². The van der Waals surface area contributed by atoms with E-state index in [1.807, 2.05) is 13.0 Å². The van der Waals surface area contributed by atoms with Gasteiger partial charge in [-0.1, -0.05) is 0 Å². The van der Waals surface area contributed by atoms with Gasteiger partial charge in [-0.2, -0.15) is 0 Å². The summed E-state index contributed by atoms with van der Waals surface area (Å²) < 4.78 is 18.2. The lowest BCUT2D eigenvalue weighted by molar-refractivity contribution is 0.102. The number of hydrogen-bond donors (Lipinski definition) is 1. The van der Waals surface area contributed by atoms with Crippen LogP contribution in [0.2, 0.25) is 0 Å². The molecule has 0 radical (unpaired) electrons. The van der Waals surface area contributed by atoms with E-state index in [-0.39, 0.29) is 11.7 Å². The van der Waals surface area contributed by atoms with Gasteiger partial charge in [0.25, 0.3) is 5.91 Å². The lowest BCUT2D eigenvalue weighted by atomic mass is 10.1. The van der Waals surface area contributed by atoms with Gasteiger partial charge in [0.1, 0.15) is 11.6 Å². The second-order valence-electron chi connectivity index (χ2n) is 4.59. The van der Waals surface area contributed by atoms with Gasteiger partial charge in [0.2, 0.25) is 0 Å². The van der Waals surface area contributed by atoms with Crippen molar-refractivity contribution in [3.63, 3.8) is 0 Å². The summed E-state index contributed by atoms with van der Waals surface area (Å²) in [5.41, 5.74) is 2.67. The number of rotatable bonds is 3.